The Bertz CT molecular complexity index is 500. The molecule has 2 nitrogen and oxygen atoms in total. The van der Waals surface area contributed by atoms with Crippen molar-refractivity contribution >= 4 is 30.1 Å². The van der Waals surface area contributed by atoms with Crippen LogP contribution in [0.3, 0.4) is 0 Å². The second-order valence-corrected chi connectivity index (χ2v) is 14.5. The van der Waals surface area contributed by atoms with Crippen molar-refractivity contribution in [3.05, 3.63) is 29.8 Å². The van der Waals surface area contributed by atoms with E-state index in [4.69, 9.17) is 0 Å². The van der Waals surface area contributed by atoms with E-state index in [0.717, 1.165) is 5.56 Å². The number of carbonyl (C=O) groups is 1. The summed E-state index contributed by atoms with van der Waals surface area (Å²) < 4.78 is -0.122. The van der Waals surface area contributed by atoms with Gasteiger partial charge in [-0.05, 0) is 5.56 Å². The van der Waals surface area contributed by atoms with E-state index in [1.165, 1.54) is 16.9 Å². The summed E-state index contributed by atoms with van der Waals surface area (Å²) in [5.41, 5.74) is 0.923. The molecule has 0 aliphatic rings. The molecule has 1 rings (SSSR count). The van der Waals surface area contributed by atoms with Gasteiger partial charge in [-0.1, -0.05) is 88.6 Å². The molecule has 0 aliphatic heterocycles. The largest absolute Gasteiger partial charge is 0.388 e. The van der Waals surface area contributed by atoms with Gasteiger partial charge in [-0.2, -0.15) is 0 Å². The van der Waals surface area contributed by atoms with E-state index in [1.807, 2.05) is 45.9 Å². The van der Waals surface area contributed by atoms with Gasteiger partial charge in [0.25, 0.3) is 0 Å². The third-order valence-electron chi connectivity index (χ3n) is 3.34. The van der Waals surface area contributed by atoms with Crippen LogP contribution in [0.15, 0.2) is 24.3 Å². The summed E-state index contributed by atoms with van der Waals surface area (Å²) in [5, 5.41) is 12.0. The number of aliphatic hydroxyl groups excluding tert-OH is 1. The van der Waals surface area contributed by atoms with Crippen molar-refractivity contribution in [3.63, 3.8) is 0 Å². The molecule has 1 aromatic carbocycles. The number of aliphatic hydroxyl groups is 1. The molecule has 118 valence electrons. The molecule has 1 aromatic rings. The topological polar surface area (TPSA) is 37.3 Å². The lowest BCUT2D eigenvalue weighted by molar-refractivity contribution is -0.117. The molecule has 1 N–H and O–H groups in total. The van der Waals surface area contributed by atoms with Crippen LogP contribution in [0.1, 0.15) is 39.4 Å². The normalized spacial score (nSPS) is 15.6. The summed E-state index contributed by atoms with van der Waals surface area (Å²) in [4.78, 5) is 12.3. The molecule has 0 saturated heterocycles. The number of hydrogen-bond acceptors (Lipinski definition) is 3. The number of thioether (sulfide) groups is 1. The zero-order valence-electron chi connectivity index (χ0n) is 14.2. The Morgan fingerprint density at radius 3 is 2.19 bits per heavy atom. The number of carbonyl (C=O) groups excluding carboxylic acids is 1. The average Bonchev–Trinajstić information content (AvgIpc) is 2.34. The van der Waals surface area contributed by atoms with Gasteiger partial charge in [0.05, 0.1) is 20.1 Å². The third-order valence-corrected chi connectivity index (χ3v) is 6.60. The maximum Gasteiger partial charge on any atom is 0.195 e. The molecule has 4 heteroatoms. The van der Waals surface area contributed by atoms with Crippen molar-refractivity contribution in [2.24, 2.45) is 5.92 Å². The van der Waals surface area contributed by atoms with Crippen LogP contribution in [-0.4, -0.2) is 23.0 Å². The summed E-state index contributed by atoms with van der Waals surface area (Å²) in [6.07, 6.45) is -0.727. The molecule has 0 unspecified atom stereocenters. The molecule has 0 spiro atoms. The molecule has 0 aliphatic carbocycles. The van der Waals surface area contributed by atoms with Crippen LogP contribution >= 0.6 is 11.8 Å². The van der Waals surface area contributed by atoms with E-state index in [-0.39, 0.29) is 9.86 Å². The van der Waals surface area contributed by atoms with Crippen LogP contribution in [0.5, 0.6) is 0 Å². The minimum Gasteiger partial charge on any atom is -0.388 e. The van der Waals surface area contributed by atoms with E-state index in [9.17, 15) is 9.90 Å². The van der Waals surface area contributed by atoms with E-state index in [1.54, 1.807) is 0 Å². The third kappa shape index (κ3) is 5.27. The van der Waals surface area contributed by atoms with Crippen molar-refractivity contribution in [1.82, 2.24) is 0 Å². The molecular weight excluding hydrogens is 296 g/mol. The van der Waals surface area contributed by atoms with Gasteiger partial charge in [-0.3, -0.25) is 4.79 Å². The lowest BCUT2D eigenvalue weighted by atomic mass is 9.98. The van der Waals surface area contributed by atoms with Gasteiger partial charge in [0.15, 0.2) is 5.12 Å². The minimum absolute atomic E-state index is 0.0559. The van der Waals surface area contributed by atoms with Crippen LogP contribution in [0.2, 0.25) is 19.6 Å². The first kappa shape index (κ1) is 18.5. The molecule has 0 saturated carbocycles. The molecule has 0 amide bonds. The SMILES string of the molecule is C[C@@H](C(=O)SC(C)(C)C)[C@@H](O)c1ccccc1[Si](C)(C)C. The number of benzene rings is 1. The zero-order valence-corrected chi connectivity index (χ0v) is 16.0. The van der Waals surface area contributed by atoms with Crippen LogP contribution in [0.25, 0.3) is 0 Å². The average molecular weight is 325 g/mol. The predicted octanol–water partition coefficient (Wildman–Crippen LogP) is 3.96. The Kier molecular flexibility index (Phi) is 5.87. The zero-order chi connectivity index (χ0) is 16.4. The van der Waals surface area contributed by atoms with Crippen LogP contribution in [0, 0.1) is 5.92 Å². The highest BCUT2D eigenvalue weighted by Gasteiger charge is 2.31. The molecule has 2 atom stereocenters. The fourth-order valence-electron chi connectivity index (χ4n) is 2.23. The smallest absolute Gasteiger partial charge is 0.195 e. The van der Waals surface area contributed by atoms with E-state index in [0.29, 0.717) is 0 Å². The van der Waals surface area contributed by atoms with Gasteiger partial charge in [0.2, 0.25) is 0 Å². The Hall–Kier alpha value is -0.583. The second kappa shape index (κ2) is 6.67. The summed E-state index contributed by atoms with van der Waals surface area (Å²) >= 11 is 1.31. The summed E-state index contributed by atoms with van der Waals surface area (Å²) in [6.45, 7) is 14.7. The fourth-order valence-corrected chi connectivity index (χ4v) is 4.84. The minimum atomic E-state index is -1.55. The van der Waals surface area contributed by atoms with Crippen molar-refractivity contribution in [3.8, 4) is 0 Å². The van der Waals surface area contributed by atoms with Crippen molar-refractivity contribution in [2.45, 2.75) is 58.2 Å². The molecule has 0 radical (unpaired) electrons. The van der Waals surface area contributed by atoms with E-state index >= 15 is 0 Å². The lowest BCUT2D eigenvalue weighted by Gasteiger charge is -2.27. The highest BCUT2D eigenvalue weighted by Crippen LogP contribution is 2.32. The molecular formula is C17H28O2SSi. The van der Waals surface area contributed by atoms with Crippen LogP contribution in [-0.2, 0) is 4.79 Å². The van der Waals surface area contributed by atoms with Crippen molar-refractivity contribution in [1.29, 1.82) is 0 Å². The molecule has 0 bridgehead atoms. The molecule has 0 heterocycles. The quantitative estimate of drug-likeness (QED) is 0.852. The molecule has 0 fully saturated rings. The number of rotatable bonds is 4. The lowest BCUT2D eigenvalue weighted by Crippen LogP contribution is -2.41. The summed E-state index contributed by atoms with van der Waals surface area (Å²) in [6, 6.07) is 8.01. The van der Waals surface area contributed by atoms with Gasteiger partial charge >= 0.3 is 0 Å². The highest BCUT2D eigenvalue weighted by atomic mass is 32.2. The van der Waals surface area contributed by atoms with Crippen LogP contribution < -0.4 is 5.19 Å². The summed E-state index contributed by atoms with van der Waals surface area (Å²) in [5.74, 6) is -0.397. The molecule has 0 aromatic heterocycles. The van der Waals surface area contributed by atoms with Gasteiger partial charge in [0.1, 0.15) is 0 Å². The van der Waals surface area contributed by atoms with Crippen LogP contribution in [0.4, 0.5) is 0 Å². The monoisotopic (exact) mass is 324 g/mol. The fraction of sp³-hybridized carbons (Fsp3) is 0.588. The number of hydrogen-bond donors (Lipinski definition) is 1. The maximum atomic E-state index is 12.3. The first-order valence-electron chi connectivity index (χ1n) is 7.44. The van der Waals surface area contributed by atoms with Crippen molar-refractivity contribution < 1.29 is 9.90 Å². The Balaban J connectivity index is 3.04. The molecule has 21 heavy (non-hydrogen) atoms. The standard InChI is InChI=1S/C17H28O2SSi/c1-12(16(19)20-17(2,3)4)15(18)13-10-8-9-11-14(13)21(5,6)7/h8-12,15,18H,1-7H3/t12-,15-/m1/s1. The van der Waals surface area contributed by atoms with E-state index in [2.05, 4.69) is 25.7 Å². The predicted molar refractivity (Wildman–Crippen MR) is 95.9 cm³/mol. The first-order valence-corrected chi connectivity index (χ1v) is 11.8. The maximum absolute atomic E-state index is 12.3. The van der Waals surface area contributed by atoms with Crippen molar-refractivity contribution in [2.75, 3.05) is 0 Å². The Labute approximate surface area is 134 Å². The highest BCUT2D eigenvalue weighted by molar-refractivity contribution is 8.14. The Morgan fingerprint density at radius 2 is 1.71 bits per heavy atom. The Morgan fingerprint density at radius 1 is 1.19 bits per heavy atom. The van der Waals surface area contributed by atoms with Gasteiger partial charge in [0, 0.05) is 4.75 Å². The van der Waals surface area contributed by atoms with E-state index < -0.39 is 20.1 Å². The van der Waals surface area contributed by atoms with Gasteiger partial charge < -0.3 is 5.11 Å². The first-order chi connectivity index (χ1) is 9.43. The summed E-state index contributed by atoms with van der Waals surface area (Å²) in [7, 11) is -1.55. The van der Waals surface area contributed by atoms with Gasteiger partial charge in [-0.25, -0.2) is 0 Å². The second-order valence-electron chi connectivity index (χ2n) is 7.60. The van der Waals surface area contributed by atoms with Gasteiger partial charge in [-0.15, -0.1) is 0 Å².